The van der Waals surface area contributed by atoms with Gasteiger partial charge in [-0.1, -0.05) is 15.9 Å². The largest absolute Gasteiger partial charge is 0.244 e. The topological polar surface area (TPSA) is 25.8 Å². The summed E-state index contributed by atoms with van der Waals surface area (Å²) < 4.78 is 0.230. The molecule has 0 saturated heterocycles. The van der Waals surface area contributed by atoms with Gasteiger partial charge >= 0.3 is 0 Å². The third-order valence-electron chi connectivity index (χ3n) is 1.77. The van der Waals surface area contributed by atoms with Crippen molar-refractivity contribution in [3.63, 3.8) is 0 Å². The van der Waals surface area contributed by atoms with Crippen molar-refractivity contribution in [3.8, 4) is 0 Å². The lowest BCUT2D eigenvalue weighted by molar-refractivity contribution is 0.993. The molecule has 3 heteroatoms. The fourth-order valence-corrected chi connectivity index (χ4v) is 1.33. The lowest BCUT2D eigenvalue weighted by Gasteiger charge is -2.02. The van der Waals surface area contributed by atoms with E-state index in [-0.39, 0.29) is 4.32 Å². The van der Waals surface area contributed by atoms with Crippen LogP contribution in [0.15, 0.2) is 18.7 Å². The Bertz CT molecular complexity index is 231. The maximum Gasteiger partial charge on any atom is 0.115 e. The molecule has 2 rings (SSSR count). The Hall–Kier alpha value is -0.440. The molecule has 1 aliphatic carbocycles. The number of aromatic nitrogens is 2. The molecule has 0 spiro atoms. The van der Waals surface area contributed by atoms with Crippen molar-refractivity contribution in [3.05, 3.63) is 24.3 Å². The molecular weight excluding hydrogens is 192 g/mol. The molecular formula is C7H7BrN2. The fourth-order valence-electron chi connectivity index (χ4n) is 0.929. The monoisotopic (exact) mass is 198 g/mol. The Morgan fingerprint density at radius 1 is 1.30 bits per heavy atom. The lowest BCUT2D eigenvalue weighted by Crippen LogP contribution is -1.95. The van der Waals surface area contributed by atoms with Gasteiger partial charge in [0.25, 0.3) is 0 Å². The van der Waals surface area contributed by atoms with Crippen LogP contribution in [0.2, 0.25) is 0 Å². The number of nitrogens with zero attached hydrogens (tertiary/aromatic N) is 2. The van der Waals surface area contributed by atoms with Crippen LogP contribution in [0, 0.1) is 0 Å². The second kappa shape index (κ2) is 2.02. The minimum atomic E-state index is 0.230. The van der Waals surface area contributed by atoms with Gasteiger partial charge in [0, 0.05) is 18.0 Å². The van der Waals surface area contributed by atoms with Crippen LogP contribution in [0.25, 0.3) is 0 Å². The molecule has 1 aromatic heterocycles. The van der Waals surface area contributed by atoms with Crippen LogP contribution in [0.5, 0.6) is 0 Å². The average Bonchev–Trinajstić information content (AvgIpc) is 2.72. The first-order chi connectivity index (χ1) is 4.81. The molecule has 1 saturated carbocycles. The van der Waals surface area contributed by atoms with Crippen LogP contribution in [-0.4, -0.2) is 9.97 Å². The van der Waals surface area contributed by atoms with Crippen LogP contribution in [0.4, 0.5) is 0 Å². The van der Waals surface area contributed by atoms with Gasteiger partial charge in [0.15, 0.2) is 0 Å². The lowest BCUT2D eigenvalue weighted by atomic mass is 10.2. The smallest absolute Gasteiger partial charge is 0.115 e. The summed E-state index contributed by atoms with van der Waals surface area (Å²) in [6.07, 6.45) is 7.71. The van der Waals surface area contributed by atoms with Gasteiger partial charge in [-0.2, -0.15) is 0 Å². The zero-order chi connectivity index (χ0) is 7.03. The molecule has 0 atom stereocenters. The molecule has 0 radical (unpaired) electrons. The summed E-state index contributed by atoms with van der Waals surface area (Å²) in [4.78, 5) is 7.90. The maximum atomic E-state index is 3.95. The van der Waals surface area contributed by atoms with Crippen molar-refractivity contribution in [2.24, 2.45) is 0 Å². The van der Waals surface area contributed by atoms with Crippen LogP contribution in [0.3, 0.4) is 0 Å². The molecule has 10 heavy (non-hydrogen) atoms. The van der Waals surface area contributed by atoms with E-state index >= 15 is 0 Å². The van der Waals surface area contributed by atoms with Crippen molar-refractivity contribution in [1.82, 2.24) is 9.97 Å². The van der Waals surface area contributed by atoms with E-state index in [4.69, 9.17) is 0 Å². The second-order valence-corrected chi connectivity index (χ2v) is 4.11. The van der Waals surface area contributed by atoms with Crippen molar-refractivity contribution in [2.45, 2.75) is 17.2 Å². The maximum absolute atomic E-state index is 3.95. The first-order valence-electron chi connectivity index (χ1n) is 3.26. The highest BCUT2D eigenvalue weighted by atomic mass is 79.9. The molecule has 0 aromatic carbocycles. The Morgan fingerprint density at radius 2 is 1.90 bits per heavy atom. The van der Waals surface area contributed by atoms with Gasteiger partial charge in [-0.25, -0.2) is 9.97 Å². The van der Waals surface area contributed by atoms with Crippen molar-refractivity contribution in [2.75, 3.05) is 0 Å². The molecule has 0 unspecified atom stereocenters. The molecule has 0 bridgehead atoms. The van der Waals surface area contributed by atoms with Gasteiger partial charge in [-0.15, -0.1) is 0 Å². The molecule has 0 amide bonds. The van der Waals surface area contributed by atoms with E-state index in [2.05, 4.69) is 25.9 Å². The standard InChI is InChI=1S/C7H7BrN2/c8-7(1-2-7)6-3-9-5-10-4-6/h3-5H,1-2H2. The Balaban J connectivity index is 2.35. The van der Waals surface area contributed by atoms with Crippen LogP contribution >= 0.6 is 15.9 Å². The Kier molecular flexibility index (Phi) is 1.27. The third-order valence-corrected chi connectivity index (χ3v) is 3.02. The summed E-state index contributed by atoms with van der Waals surface area (Å²) in [5, 5.41) is 0. The Labute approximate surface area is 67.8 Å². The second-order valence-electron chi connectivity index (χ2n) is 2.59. The van der Waals surface area contributed by atoms with Crippen LogP contribution < -0.4 is 0 Å². The number of rotatable bonds is 1. The zero-order valence-electron chi connectivity index (χ0n) is 5.42. The van der Waals surface area contributed by atoms with Gasteiger partial charge < -0.3 is 0 Å². The summed E-state index contributed by atoms with van der Waals surface area (Å²) >= 11 is 3.62. The summed E-state index contributed by atoms with van der Waals surface area (Å²) in [5.41, 5.74) is 1.20. The predicted octanol–water partition coefficient (Wildman–Crippen LogP) is 1.86. The van der Waals surface area contributed by atoms with Gasteiger partial charge in [-0.3, -0.25) is 0 Å². The van der Waals surface area contributed by atoms with E-state index in [1.807, 2.05) is 12.4 Å². The van der Waals surface area contributed by atoms with Gasteiger partial charge in [-0.05, 0) is 12.8 Å². The quantitative estimate of drug-likeness (QED) is 0.645. The van der Waals surface area contributed by atoms with Gasteiger partial charge in [0.1, 0.15) is 6.33 Å². The normalized spacial score (nSPS) is 20.5. The van der Waals surface area contributed by atoms with E-state index in [0.29, 0.717) is 0 Å². The summed E-state index contributed by atoms with van der Waals surface area (Å²) in [7, 11) is 0. The SMILES string of the molecule is BrC1(c2cncnc2)CC1. The summed E-state index contributed by atoms with van der Waals surface area (Å²) in [6.45, 7) is 0. The third kappa shape index (κ3) is 0.944. The molecule has 0 aliphatic heterocycles. The first-order valence-corrected chi connectivity index (χ1v) is 4.05. The van der Waals surface area contributed by atoms with Gasteiger partial charge in [0.05, 0.1) is 4.32 Å². The first kappa shape index (κ1) is 6.28. The summed E-state index contributed by atoms with van der Waals surface area (Å²) in [5.74, 6) is 0. The van der Waals surface area contributed by atoms with E-state index in [9.17, 15) is 0 Å². The number of hydrogen-bond acceptors (Lipinski definition) is 2. The Morgan fingerprint density at radius 3 is 2.40 bits per heavy atom. The highest BCUT2D eigenvalue weighted by Gasteiger charge is 2.41. The predicted molar refractivity (Wildman–Crippen MR) is 41.9 cm³/mol. The highest BCUT2D eigenvalue weighted by molar-refractivity contribution is 9.09. The zero-order valence-corrected chi connectivity index (χ0v) is 7.00. The molecule has 1 heterocycles. The van der Waals surface area contributed by atoms with Crippen LogP contribution in [-0.2, 0) is 4.32 Å². The van der Waals surface area contributed by atoms with Crippen molar-refractivity contribution < 1.29 is 0 Å². The van der Waals surface area contributed by atoms with E-state index in [1.54, 1.807) is 6.33 Å². The average molecular weight is 199 g/mol. The van der Waals surface area contributed by atoms with Crippen molar-refractivity contribution >= 4 is 15.9 Å². The minimum Gasteiger partial charge on any atom is -0.244 e. The minimum absolute atomic E-state index is 0.230. The van der Waals surface area contributed by atoms with Crippen LogP contribution in [0.1, 0.15) is 18.4 Å². The van der Waals surface area contributed by atoms with Crippen molar-refractivity contribution in [1.29, 1.82) is 0 Å². The molecule has 0 N–H and O–H groups in total. The van der Waals surface area contributed by atoms with E-state index in [0.717, 1.165) is 0 Å². The number of halogens is 1. The highest BCUT2D eigenvalue weighted by Crippen LogP contribution is 2.53. The number of alkyl halides is 1. The van der Waals surface area contributed by atoms with Gasteiger partial charge in [0.2, 0.25) is 0 Å². The molecule has 2 nitrogen and oxygen atoms in total. The number of hydrogen-bond donors (Lipinski definition) is 0. The molecule has 52 valence electrons. The molecule has 1 aromatic rings. The molecule has 1 aliphatic rings. The van der Waals surface area contributed by atoms with E-state index in [1.165, 1.54) is 18.4 Å². The molecule has 1 fully saturated rings. The summed E-state index contributed by atoms with van der Waals surface area (Å²) in [6, 6.07) is 0. The van der Waals surface area contributed by atoms with E-state index < -0.39 is 0 Å². The fraction of sp³-hybridized carbons (Fsp3) is 0.429.